The Morgan fingerprint density at radius 3 is 2.56 bits per heavy atom. The number of hydrogen-bond acceptors (Lipinski definition) is 3. The van der Waals surface area contributed by atoms with Crippen LogP contribution in [0.15, 0.2) is 22.7 Å². The molecule has 0 aliphatic heterocycles. The molecule has 1 atom stereocenters. The van der Waals surface area contributed by atoms with Gasteiger partial charge in [-0.25, -0.2) is 0 Å². The lowest BCUT2D eigenvalue weighted by Gasteiger charge is -2.13. The highest BCUT2D eigenvalue weighted by Gasteiger charge is 2.32. The lowest BCUT2D eigenvalue weighted by atomic mass is 10.3. The molecule has 0 aliphatic carbocycles. The van der Waals surface area contributed by atoms with E-state index in [0.717, 1.165) is 6.07 Å². The van der Waals surface area contributed by atoms with Crippen LogP contribution in [-0.4, -0.2) is 12.5 Å². The van der Waals surface area contributed by atoms with Gasteiger partial charge in [0.05, 0.1) is 4.47 Å². The minimum absolute atomic E-state index is 0.102. The summed E-state index contributed by atoms with van der Waals surface area (Å²) in [6.07, 6.45) is -4.90. The number of nitriles is 1. The highest BCUT2D eigenvalue weighted by Crippen LogP contribution is 2.33. The fourth-order valence-electron chi connectivity index (χ4n) is 1.13. The Hall–Kier alpha value is -1.42. The lowest BCUT2D eigenvalue weighted by molar-refractivity contribution is -0.274. The van der Waals surface area contributed by atoms with Crippen molar-refractivity contribution in [2.24, 2.45) is 0 Å². The minimum Gasteiger partial charge on any atom is -0.476 e. The summed E-state index contributed by atoms with van der Waals surface area (Å²) in [4.78, 5) is 0. The van der Waals surface area contributed by atoms with Gasteiger partial charge in [0.2, 0.25) is 0 Å². The second-order valence-corrected chi connectivity index (χ2v) is 4.14. The molecule has 0 spiro atoms. The largest absolute Gasteiger partial charge is 0.573 e. The van der Waals surface area contributed by atoms with E-state index in [4.69, 9.17) is 10.00 Å². The quantitative estimate of drug-likeness (QED) is 0.840. The second-order valence-electron chi connectivity index (χ2n) is 3.28. The van der Waals surface area contributed by atoms with Crippen molar-refractivity contribution >= 4 is 15.9 Å². The maximum atomic E-state index is 12.0. The predicted molar refractivity (Wildman–Crippen MR) is 61.1 cm³/mol. The summed E-state index contributed by atoms with van der Waals surface area (Å²) in [5.41, 5.74) is 0. The number of alkyl halides is 3. The first kappa shape index (κ1) is 14.6. The van der Waals surface area contributed by atoms with Crippen molar-refractivity contribution in [1.29, 1.82) is 5.26 Å². The molecule has 0 heterocycles. The van der Waals surface area contributed by atoms with Crippen molar-refractivity contribution in [3.63, 3.8) is 0 Å². The van der Waals surface area contributed by atoms with Gasteiger partial charge in [0.25, 0.3) is 0 Å². The van der Waals surface area contributed by atoms with E-state index in [2.05, 4.69) is 20.7 Å². The second kappa shape index (κ2) is 5.96. The van der Waals surface area contributed by atoms with Gasteiger partial charge in [0.1, 0.15) is 17.6 Å². The average molecular weight is 324 g/mol. The van der Waals surface area contributed by atoms with Gasteiger partial charge < -0.3 is 9.47 Å². The van der Waals surface area contributed by atoms with Crippen molar-refractivity contribution in [2.75, 3.05) is 0 Å². The molecular weight excluding hydrogens is 315 g/mol. The van der Waals surface area contributed by atoms with Crippen LogP contribution in [0.5, 0.6) is 11.5 Å². The van der Waals surface area contributed by atoms with E-state index in [-0.39, 0.29) is 10.2 Å². The Morgan fingerprint density at radius 2 is 2.11 bits per heavy atom. The van der Waals surface area contributed by atoms with Crippen molar-refractivity contribution in [1.82, 2.24) is 0 Å². The molecule has 0 bridgehead atoms. The van der Waals surface area contributed by atoms with E-state index in [1.54, 1.807) is 6.92 Å². The summed E-state index contributed by atoms with van der Waals surface area (Å²) < 4.78 is 45.2. The van der Waals surface area contributed by atoms with Crippen molar-refractivity contribution in [2.45, 2.75) is 25.8 Å². The summed E-state index contributed by atoms with van der Waals surface area (Å²) in [6, 6.07) is 5.68. The molecule has 18 heavy (non-hydrogen) atoms. The van der Waals surface area contributed by atoms with E-state index < -0.39 is 12.5 Å². The number of ether oxygens (including phenoxy) is 2. The monoisotopic (exact) mass is 323 g/mol. The molecule has 1 unspecified atom stereocenters. The third kappa shape index (κ3) is 4.45. The highest BCUT2D eigenvalue weighted by atomic mass is 79.9. The van der Waals surface area contributed by atoms with Crippen molar-refractivity contribution < 1.29 is 22.6 Å². The topological polar surface area (TPSA) is 42.2 Å². The van der Waals surface area contributed by atoms with Crippen LogP contribution in [0.3, 0.4) is 0 Å². The summed E-state index contributed by atoms with van der Waals surface area (Å²) in [7, 11) is 0. The third-order valence-electron chi connectivity index (χ3n) is 1.92. The van der Waals surface area contributed by atoms with Crippen molar-refractivity contribution in [3.05, 3.63) is 22.7 Å². The van der Waals surface area contributed by atoms with E-state index >= 15 is 0 Å². The predicted octanol–water partition coefficient (Wildman–Crippen LogP) is 4.03. The molecule has 0 saturated heterocycles. The SMILES string of the molecule is CCC(C#N)Oc1ccc(OC(F)(F)F)c(Br)c1. The molecule has 1 aromatic carbocycles. The molecule has 0 aliphatic rings. The fourth-order valence-corrected chi connectivity index (χ4v) is 1.57. The van der Waals surface area contributed by atoms with Crippen LogP contribution in [0.4, 0.5) is 13.2 Å². The molecule has 0 amide bonds. The van der Waals surface area contributed by atoms with E-state index in [0.29, 0.717) is 12.2 Å². The van der Waals surface area contributed by atoms with Crippen LogP contribution in [0, 0.1) is 11.3 Å². The Labute approximate surface area is 110 Å². The summed E-state index contributed by atoms with van der Waals surface area (Å²) in [6.45, 7) is 1.77. The van der Waals surface area contributed by atoms with Crippen LogP contribution in [-0.2, 0) is 0 Å². The zero-order valence-electron chi connectivity index (χ0n) is 9.29. The standard InChI is InChI=1S/C11H9BrF3NO2/c1-2-7(6-16)17-8-3-4-10(9(12)5-8)18-11(13,14)15/h3-5,7H,2H2,1H3. The first-order valence-corrected chi connectivity index (χ1v) is 5.76. The van der Waals surface area contributed by atoms with Gasteiger partial charge in [-0.1, -0.05) is 6.92 Å². The first-order valence-electron chi connectivity index (χ1n) is 4.97. The minimum atomic E-state index is -4.75. The Balaban J connectivity index is 2.83. The summed E-state index contributed by atoms with van der Waals surface area (Å²) >= 11 is 2.95. The highest BCUT2D eigenvalue weighted by molar-refractivity contribution is 9.10. The molecule has 7 heteroatoms. The van der Waals surface area contributed by atoms with Crippen LogP contribution in [0.2, 0.25) is 0 Å². The smallest absolute Gasteiger partial charge is 0.476 e. The van der Waals surface area contributed by atoms with Gasteiger partial charge in [-0.3, -0.25) is 0 Å². The van der Waals surface area contributed by atoms with Gasteiger partial charge in [-0.05, 0) is 40.5 Å². The maximum Gasteiger partial charge on any atom is 0.573 e. The number of hydrogen-bond donors (Lipinski definition) is 0. The number of benzene rings is 1. The molecule has 0 N–H and O–H groups in total. The van der Waals surface area contributed by atoms with Crippen LogP contribution < -0.4 is 9.47 Å². The van der Waals surface area contributed by atoms with Gasteiger partial charge in [0, 0.05) is 0 Å². The normalized spacial score (nSPS) is 12.7. The summed E-state index contributed by atoms with van der Waals surface area (Å²) in [5, 5.41) is 8.70. The zero-order chi connectivity index (χ0) is 13.8. The van der Waals surface area contributed by atoms with Gasteiger partial charge in [0.15, 0.2) is 6.10 Å². The van der Waals surface area contributed by atoms with Crippen LogP contribution in [0.25, 0.3) is 0 Å². The molecule has 0 fully saturated rings. The van der Waals surface area contributed by atoms with Gasteiger partial charge in [-0.15, -0.1) is 13.2 Å². The van der Waals surface area contributed by atoms with Crippen LogP contribution in [0.1, 0.15) is 13.3 Å². The van der Waals surface area contributed by atoms with Gasteiger partial charge >= 0.3 is 6.36 Å². The Bertz CT molecular complexity index is 457. The molecule has 0 saturated carbocycles. The number of nitrogens with zero attached hydrogens (tertiary/aromatic N) is 1. The number of halogens is 4. The molecule has 0 radical (unpaired) electrons. The van der Waals surface area contributed by atoms with E-state index in [1.807, 2.05) is 6.07 Å². The molecule has 1 aromatic rings. The average Bonchev–Trinajstić information content (AvgIpc) is 2.28. The summed E-state index contributed by atoms with van der Waals surface area (Å²) in [5.74, 6) is -0.0651. The third-order valence-corrected chi connectivity index (χ3v) is 2.54. The molecule has 1 rings (SSSR count). The molecule has 0 aromatic heterocycles. The van der Waals surface area contributed by atoms with Crippen molar-refractivity contribution in [3.8, 4) is 17.6 Å². The number of rotatable bonds is 4. The molecular formula is C11H9BrF3NO2. The Kier molecular flexibility index (Phi) is 4.84. The zero-order valence-corrected chi connectivity index (χ0v) is 10.9. The molecule has 98 valence electrons. The lowest BCUT2D eigenvalue weighted by Crippen LogP contribution is -2.17. The van der Waals surface area contributed by atoms with Gasteiger partial charge in [-0.2, -0.15) is 5.26 Å². The fraction of sp³-hybridized carbons (Fsp3) is 0.364. The maximum absolute atomic E-state index is 12.0. The van der Waals surface area contributed by atoms with Crippen LogP contribution >= 0.6 is 15.9 Å². The Morgan fingerprint density at radius 1 is 1.44 bits per heavy atom. The molecule has 3 nitrogen and oxygen atoms in total. The van der Waals surface area contributed by atoms with E-state index in [1.165, 1.54) is 12.1 Å². The van der Waals surface area contributed by atoms with E-state index in [9.17, 15) is 13.2 Å². The first-order chi connectivity index (χ1) is 8.35.